The molecule has 0 radical (unpaired) electrons. The Balaban J connectivity index is 0.841. The molecule has 2 aromatic heterocycles. The normalized spacial score (nSPS) is 20.3. The molecular formula is C43H50F2N8O8S. The van der Waals surface area contributed by atoms with E-state index in [9.17, 15) is 46.3 Å². The van der Waals surface area contributed by atoms with Crippen molar-refractivity contribution in [3.05, 3.63) is 81.3 Å². The number of nitrogens with one attached hydrogen (secondary N) is 4. The second-order valence-electron chi connectivity index (χ2n) is 16.4. The standard InChI is InChI=1S/C43H50F2N8O8S/c1-25-22-27(15-16-30(25)49-42-47-24-26-23-29(36(44)45)40(57)53(37(26)51-42)33-14-11-19-43(33,2)59)62(60,61)48-21-9-7-5-3-4-6-8-20-46-31-13-10-12-28-35(31)41(58)52(39(28)56)32-17-18-34(54)50-38(32)55/h10,12-13,15-16,22-24,32-33,36,46,48,59H,3-9,11,14,17-21H2,1-2H3,(H,47,49,51)(H,50,54,55)/t32?,33-,43-/m1/s1. The number of benzene rings is 2. The lowest BCUT2D eigenvalue weighted by Gasteiger charge is -2.28. The molecule has 2 aromatic carbocycles. The molecule has 2 aliphatic heterocycles. The molecule has 7 rings (SSSR count). The third-order valence-electron chi connectivity index (χ3n) is 11.9. The fraction of sp³-hybridized carbons (Fsp3) is 0.465. The average molecular weight is 877 g/mol. The van der Waals surface area contributed by atoms with Gasteiger partial charge in [-0.2, -0.15) is 4.98 Å². The molecule has 62 heavy (non-hydrogen) atoms. The summed E-state index contributed by atoms with van der Waals surface area (Å²) in [4.78, 5) is 73.4. The molecule has 1 saturated heterocycles. The molecule has 2 fully saturated rings. The number of amides is 4. The molecule has 5 N–H and O–H groups in total. The molecular weight excluding hydrogens is 827 g/mol. The van der Waals surface area contributed by atoms with Crippen LogP contribution in [0.3, 0.4) is 0 Å². The number of fused-ring (bicyclic) bond motifs is 2. The molecule has 4 amide bonds. The largest absolute Gasteiger partial charge is 0.388 e. The number of hydrogen-bond acceptors (Lipinski definition) is 12. The first-order valence-electron chi connectivity index (χ1n) is 21.0. The van der Waals surface area contributed by atoms with E-state index in [-0.39, 0.29) is 52.4 Å². The summed E-state index contributed by atoms with van der Waals surface area (Å²) in [5, 5.41) is 19.7. The Morgan fingerprint density at radius 3 is 2.34 bits per heavy atom. The summed E-state index contributed by atoms with van der Waals surface area (Å²) >= 11 is 0. The quantitative estimate of drug-likeness (QED) is 0.0593. The highest BCUT2D eigenvalue weighted by atomic mass is 32.2. The summed E-state index contributed by atoms with van der Waals surface area (Å²) < 4.78 is 57.8. The van der Waals surface area contributed by atoms with Crippen LogP contribution in [0.25, 0.3) is 11.0 Å². The van der Waals surface area contributed by atoms with Crippen molar-refractivity contribution >= 4 is 62.0 Å². The molecule has 1 unspecified atom stereocenters. The topological polar surface area (TPSA) is 222 Å². The number of unbranched alkanes of at least 4 members (excludes halogenated alkanes) is 6. The number of rotatable bonds is 18. The van der Waals surface area contributed by atoms with Gasteiger partial charge in [0, 0.05) is 42.5 Å². The number of pyridine rings is 1. The van der Waals surface area contributed by atoms with E-state index in [0.29, 0.717) is 49.2 Å². The van der Waals surface area contributed by atoms with E-state index in [0.717, 1.165) is 54.1 Å². The smallest absolute Gasteiger partial charge is 0.269 e. The van der Waals surface area contributed by atoms with Crippen LogP contribution in [0, 0.1) is 6.92 Å². The van der Waals surface area contributed by atoms with Crippen molar-refractivity contribution in [1.29, 1.82) is 0 Å². The van der Waals surface area contributed by atoms with Gasteiger partial charge in [0.2, 0.25) is 27.8 Å². The number of carbonyl (C=O) groups excluding carboxylic acids is 4. The summed E-state index contributed by atoms with van der Waals surface area (Å²) in [5.74, 6) is -2.11. The van der Waals surface area contributed by atoms with Crippen LogP contribution in [0.15, 0.2) is 58.4 Å². The summed E-state index contributed by atoms with van der Waals surface area (Å²) in [6, 6.07) is 8.81. The fourth-order valence-corrected chi connectivity index (χ4v) is 9.72. The summed E-state index contributed by atoms with van der Waals surface area (Å²) in [6.07, 6.45) is 5.98. The second-order valence-corrected chi connectivity index (χ2v) is 18.2. The van der Waals surface area contributed by atoms with Crippen LogP contribution >= 0.6 is 0 Å². The highest BCUT2D eigenvalue weighted by Crippen LogP contribution is 2.40. The first-order chi connectivity index (χ1) is 29.6. The van der Waals surface area contributed by atoms with Gasteiger partial charge in [0.15, 0.2) is 0 Å². The highest BCUT2D eigenvalue weighted by molar-refractivity contribution is 7.89. The zero-order valence-corrected chi connectivity index (χ0v) is 35.3. The minimum absolute atomic E-state index is 0.0531. The van der Waals surface area contributed by atoms with E-state index in [2.05, 4.69) is 30.6 Å². The lowest BCUT2D eigenvalue weighted by Crippen LogP contribution is -2.54. The molecule has 16 nitrogen and oxygen atoms in total. The third kappa shape index (κ3) is 9.24. The van der Waals surface area contributed by atoms with Crippen LogP contribution in [-0.2, 0) is 19.6 Å². The number of carbonyl (C=O) groups is 4. The molecule has 3 atom stereocenters. The Morgan fingerprint density at radius 2 is 1.66 bits per heavy atom. The van der Waals surface area contributed by atoms with Gasteiger partial charge >= 0.3 is 0 Å². The molecule has 330 valence electrons. The first kappa shape index (κ1) is 44.4. The number of imide groups is 2. The number of halogens is 2. The number of aromatic nitrogens is 3. The first-order valence-corrected chi connectivity index (χ1v) is 22.4. The van der Waals surface area contributed by atoms with E-state index < -0.39 is 68.9 Å². The van der Waals surface area contributed by atoms with E-state index >= 15 is 0 Å². The fourth-order valence-electron chi connectivity index (χ4n) is 8.56. The number of nitrogens with zero attached hydrogens (tertiary/aromatic N) is 4. The maximum absolute atomic E-state index is 13.8. The molecule has 0 bridgehead atoms. The minimum Gasteiger partial charge on any atom is -0.388 e. The number of aliphatic hydroxyl groups is 1. The maximum atomic E-state index is 13.8. The van der Waals surface area contributed by atoms with Crippen molar-refractivity contribution in [2.45, 2.75) is 120 Å². The monoisotopic (exact) mass is 876 g/mol. The van der Waals surface area contributed by atoms with Crippen molar-refractivity contribution in [2.75, 3.05) is 23.7 Å². The molecule has 1 saturated carbocycles. The van der Waals surface area contributed by atoms with Crippen LogP contribution in [0.5, 0.6) is 0 Å². The van der Waals surface area contributed by atoms with Gasteiger partial charge in [0.25, 0.3) is 23.8 Å². The van der Waals surface area contributed by atoms with Crippen LogP contribution in [0.2, 0.25) is 0 Å². The van der Waals surface area contributed by atoms with E-state index in [4.69, 9.17) is 0 Å². The summed E-state index contributed by atoms with van der Waals surface area (Å²) in [6.45, 7) is 4.14. The van der Waals surface area contributed by atoms with Crippen LogP contribution in [0.1, 0.15) is 128 Å². The predicted octanol–water partition coefficient (Wildman–Crippen LogP) is 5.78. The third-order valence-corrected chi connectivity index (χ3v) is 13.4. The Morgan fingerprint density at radius 1 is 0.935 bits per heavy atom. The predicted molar refractivity (Wildman–Crippen MR) is 226 cm³/mol. The van der Waals surface area contributed by atoms with E-state index in [1.807, 2.05) is 0 Å². The van der Waals surface area contributed by atoms with Gasteiger partial charge in [-0.1, -0.05) is 38.2 Å². The average Bonchev–Trinajstić information content (AvgIpc) is 3.70. The summed E-state index contributed by atoms with van der Waals surface area (Å²) in [5.41, 5.74) is -0.736. The van der Waals surface area contributed by atoms with Gasteiger partial charge in [-0.25, -0.2) is 26.9 Å². The van der Waals surface area contributed by atoms with Crippen molar-refractivity contribution in [3.8, 4) is 0 Å². The SMILES string of the molecule is Cc1cc(S(=O)(=O)NCCCCCCCCCNc2cccc3c2C(=O)N(C2CCC(=O)NC2=O)C3=O)ccc1Nc1ncc2cc(C(F)F)c(=O)n([C@@H]3CCC[C@@]3(C)O)c2n1. The van der Waals surface area contributed by atoms with Crippen LogP contribution < -0.4 is 26.2 Å². The lowest BCUT2D eigenvalue weighted by molar-refractivity contribution is -0.136. The highest BCUT2D eigenvalue weighted by Gasteiger charge is 2.46. The van der Waals surface area contributed by atoms with Gasteiger partial charge in [0.05, 0.1) is 33.2 Å². The molecule has 4 aromatic rings. The van der Waals surface area contributed by atoms with Gasteiger partial charge in [-0.3, -0.25) is 38.8 Å². The Kier molecular flexibility index (Phi) is 13.1. The molecule has 3 aliphatic rings. The molecule has 4 heterocycles. The van der Waals surface area contributed by atoms with Crippen molar-refractivity contribution in [1.82, 2.24) is 29.5 Å². The van der Waals surface area contributed by atoms with Gasteiger partial charge in [-0.15, -0.1) is 0 Å². The van der Waals surface area contributed by atoms with Crippen LogP contribution in [-0.4, -0.2) is 81.3 Å². The number of anilines is 3. The Hall–Kier alpha value is -5.66. The van der Waals surface area contributed by atoms with Gasteiger partial charge in [-0.05, 0) is 94.3 Å². The maximum Gasteiger partial charge on any atom is 0.269 e. The number of alkyl halides is 2. The van der Waals surface area contributed by atoms with E-state index in [1.54, 1.807) is 38.1 Å². The Labute approximate surface area is 356 Å². The van der Waals surface area contributed by atoms with Crippen molar-refractivity contribution in [3.63, 3.8) is 0 Å². The van der Waals surface area contributed by atoms with Crippen LogP contribution in [0.4, 0.5) is 26.1 Å². The Bertz CT molecular complexity index is 2580. The van der Waals surface area contributed by atoms with E-state index in [1.165, 1.54) is 18.3 Å². The lowest BCUT2D eigenvalue weighted by atomic mass is 9.99. The zero-order valence-electron chi connectivity index (χ0n) is 34.5. The molecule has 19 heteroatoms. The number of piperidine rings is 1. The van der Waals surface area contributed by atoms with Crippen molar-refractivity contribution < 1.29 is 41.5 Å². The number of aryl methyl sites for hydroxylation is 1. The zero-order chi connectivity index (χ0) is 44.3. The second kappa shape index (κ2) is 18.4. The number of hydrogen-bond donors (Lipinski definition) is 5. The van der Waals surface area contributed by atoms with Crippen molar-refractivity contribution in [2.24, 2.45) is 0 Å². The number of sulfonamides is 1. The van der Waals surface area contributed by atoms with Gasteiger partial charge < -0.3 is 15.7 Å². The summed E-state index contributed by atoms with van der Waals surface area (Å²) in [7, 11) is -3.81. The molecule has 0 spiro atoms. The molecule has 1 aliphatic carbocycles. The minimum atomic E-state index is -3.81. The van der Waals surface area contributed by atoms with Gasteiger partial charge in [0.1, 0.15) is 11.7 Å².